The molecule has 0 amide bonds. The summed E-state index contributed by atoms with van der Waals surface area (Å²) in [5.41, 5.74) is 6.35. The van der Waals surface area contributed by atoms with E-state index < -0.39 is 0 Å². The van der Waals surface area contributed by atoms with Crippen LogP contribution in [0.25, 0.3) is 11.5 Å². The van der Waals surface area contributed by atoms with E-state index in [1.54, 1.807) is 18.7 Å². The zero-order valence-corrected chi connectivity index (χ0v) is 8.68. The average Bonchev–Trinajstić information content (AvgIpc) is 2.83. The first-order valence-corrected chi connectivity index (χ1v) is 4.92. The zero-order valence-electron chi connectivity index (χ0n) is 8.68. The Labute approximate surface area is 87.9 Å². The van der Waals surface area contributed by atoms with E-state index in [0.29, 0.717) is 6.54 Å². The van der Waals surface area contributed by atoms with Crippen molar-refractivity contribution in [2.75, 3.05) is 6.54 Å². The Kier molecular flexibility index (Phi) is 2.82. The van der Waals surface area contributed by atoms with Gasteiger partial charge >= 0.3 is 0 Å². The first-order valence-electron chi connectivity index (χ1n) is 4.92. The number of oxazole rings is 1. The summed E-state index contributed by atoms with van der Waals surface area (Å²) in [6.45, 7) is 0.656. The lowest BCUT2D eigenvalue weighted by Gasteiger charge is -1.96. The molecule has 2 heterocycles. The van der Waals surface area contributed by atoms with Gasteiger partial charge in [0.15, 0.2) is 11.7 Å². The van der Waals surface area contributed by atoms with Crippen LogP contribution in [0.5, 0.6) is 0 Å². The molecule has 2 N–H and O–H groups in total. The van der Waals surface area contributed by atoms with Gasteiger partial charge in [-0.3, -0.25) is 0 Å². The molecule has 2 aromatic heterocycles. The van der Waals surface area contributed by atoms with E-state index in [1.165, 1.54) is 0 Å². The molecule has 0 fully saturated rings. The molecule has 5 heteroatoms. The van der Waals surface area contributed by atoms with Crippen molar-refractivity contribution in [2.45, 2.75) is 12.8 Å². The monoisotopic (exact) mass is 206 g/mol. The quantitative estimate of drug-likeness (QED) is 0.809. The minimum atomic E-state index is 0.656. The second kappa shape index (κ2) is 4.27. The number of hydrogen-bond acceptors (Lipinski definition) is 4. The van der Waals surface area contributed by atoms with Crippen LogP contribution in [0.3, 0.4) is 0 Å². The summed E-state index contributed by atoms with van der Waals surface area (Å²) in [4.78, 5) is 8.21. The van der Waals surface area contributed by atoms with E-state index >= 15 is 0 Å². The molecule has 0 saturated carbocycles. The Bertz CT molecular complexity index is 432. The van der Waals surface area contributed by atoms with Crippen LogP contribution in [0.2, 0.25) is 0 Å². The molecule has 0 bridgehead atoms. The van der Waals surface area contributed by atoms with Crippen molar-refractivity contribution in [3.8, 4) is 11.5 Å². The lowest BCUT2D eigenvalue weighted by Crippen LogP contribution is -2.00. The van der Waals surface area contributed by atoms with E-state index in [2.05, 4.69) is 9.97 Å². The standard InChI is InChI=1S/C10H14N4O/c1-14-7-12-5-8(14)9-6-13-10(15-9)3-2-4-11/h5-7H,2-4,11H2,1H3. The molecule has 0 aromatic carbocycles. The van der Waals surface area contributed by atoms with Gasteiger partial charge in [-0.2, -0.15) is 0 Å². The molecule has 0 aliphatic heterocycles. The van der Waals surface area contributed by atoms with Gasteiger partial charge in [-0.15, -0.1) is 0 Å². The van der Waals surface area contributed by atoms with Crippen molar-refractivity contribution < 1.29 is 4.42 Å². The van der Waals surface area contributed by atoms with Gasteiger partial charge in [-0.25, -0.2) is 9.97 Å². The second-order valence-electron chi connectivity index (χ2n) is 3.40. The maximum Gasteiger partial charge on any atom is 0.195 e. The van der Waals surface area contributed by atoms with Gasteiger partial charge in [0.2, 0.25) is 0 Å². The van der Waals surface area contributed by atoms with E-state index in [0.717, 1.165) is 30.2 Å². The van der Waals surface area contributed by atoms with Crippen molar-refractivity contribution in [2.24, 2.45) is 12.8 Å². The van der Waals surface area contributed by atoms with Gasteiger partial charge < -0.3 is 14.7 Å². The van der Waals surface area contributed by atoms with Crippen molar-refractivity contribution in [3.63, 3.8) is 0 Å². The van der Waals surface area contributed by atoms with Gasteiger partial charge in [0.1, 0.15) is 5.69 Å². The van der Waals surface area contributed by atoms with Crippen LogP contribution in [-0.2, 0) is 13.5 Å². The highest BCUT2D eigenvalue weighted by Gasteiger charge is 2.08. The van der Waals surface area contributed by atoms with E-state index in [4.69, 9.17) is 10.2 Å². The number of hydrogen-bond donors (Lipinski definition) is 1. The highest BCUT2D eigenvalue weighted by atomic mass is 16.4. The van der Waals surface area contributed by atoms with Crippen molar-refractivity contribution in [1.82, 2.24) is 14.5 Å². The summed E-state index contributed by atoms with van der Waals surface area (Å²) in [5.74, 6) is 1.48. The Balaban J connectivity index is 2.17. The second-order valence-corrected chi connectivity index (χ2v) is 3.40. The molecule has 0 aliphatic rings. The Morgan fingerprint density at radius 1 is 1.47 bits per heavy atom. The van der Waals surface area contributed by atoms with Gasteiger partial charge in [0.05, 0.1) is 18.7 Å². The summed E-state index contributed by atoms with van der Waals surface area (Å²) in [6, 6.07) is 0. The smallest absolute Gasteiger partial charge is 0.195 e. The highest BCUT2D eigenvalue weighted by molar-refractivity contribution is 5.49. The third-order valence-electron chi connectivity index (χ3n) is 2.22. The molecule has 0 aliphatic carbocycles. The normalized spacial score (nSPS) is 10.8. The molecule has 0 unspecified atom stereocenters. The first kappa shape index (κ1) is 9.92. The van der Waals surface area contributed by atoms with Crippen LogP contribution >= 0.6 is 0 Å². The predicted octanol–water partition coefficient (Wildman–Crippen LogP) is 0.966. The SMILES string of the molecule is Cn1cncc1-c1cnc(CCCN)o1. The molecule has 2 aromatic rings. The fourth-order valence-corrected chi connectivity index (χ4v) is 1.39. The van der Waals surface area contributed by atoms with Crippen molar-refractivity contribution >= 4 is 0 Å². The average molecular weight is 206 g/mol. The largest absolute Gasteiger partial charge is 0.439 e. The highest BCUT2D eigenvalue weighted by Crippen LogP contribution is 2.19. The van der Waals surface area contributed by atoms with Crippen LogP contribution in [-0.4, -0.2) is 21.1 Å². The third kappa shape index (κ3) is 2.07. The first-order chi connectivity index (χ1) is 7.31. The summed E-state index contributed by atoms with van der Waals surface area (Å²) in [5, 5.41) is 0. The molecule has 0 spiro atoms. The van der Waals surface area contributed by atoms with Gasteiger partial charge in [-0.1, -0.05) is 0 Å². The molecule has 0 saturated heterocycles. The lowest BCUT2D eigenvalue weighted by atomic mass is 10.3. The van der Waals surface area contributed by atoms with Crippen molar-refractivity contribution in [1.29, 1.82) is 0 Å². The van der Waals surface area contributed by atoms with E-state index in [-0.39, 0.29) is 0 Å². The van der Waals surface area contributed by atoms with Gasteiger partial charge in [-0.05, 0) is 13.0 Å². The molecule has 80 valence electrons. The molecular weight excluding hydrogens is 192 g/mol. The van der Waals surface area contributed by atoms with Gasteiger partial charge in [0, 0.05) is 13.5 Å². The summed E-state index contributed by atoms with van der Waals surface area (Å²) < 4.78 is 7.48. The molecule has 0 atom stereocenters. The number of imidazole rings is 1. The fourth-order valence-electron chi connectivity index (χ4n) is 1.39. The molecule has 0 radical (unpaired) electrons. The number of rotatable bonds is 4. The van der Waals surface area contributed by atoms with Crippen molar-refractivity contribution in [3.05, 3.63) is 24.6 Å². The zero-order chi connectivity index (χ0) is 10.7. The van der Waals surface area contributed by atoms with Gasteiger partial charge in [0.25, 0.3) is 0 Å². The molecule has 2 rings (SSSR count). The summed E-state index contributed by atoms with van der Waals surface area (Å²) >= 11 is 0. The number of nitrogens with zero attached hydrogens (tertiary/aromatic N) is 3. The number of nitrogens with two attached hydrogens (primary N) is 1. The Hall–Kier alpha value is -1.62. The predicted molar refractivity (Wildman–Crippen MR) is 56.1 cm³/mol. The summed E-state index contributed by atoms with van der Waals surface area (Å²) in [7, 11) is 1.92. The van der Waals surface area contributed by atoms with Crippen LogP contribution in [0, 0.1) is 0 Å². The molecular formula is C10H14N4O. The molecule has 15 heavy (non-hydrogen) atoms. The van der Waals surface area contributed by atoms with Crippen LogP contribution in [0.1, 0.15) is 12.3 Å². The van der Waals surface area contributed by atoms with E-state index in [9.17, 15) is 0 Å². The maximum atomic E-state index is 5.58. The minimum absolute atomic E-state index is 0.656. The Morgan fingerprint density at radius 2 is 2.33 bits per heavy atom. The third-order valence-corrected chi connectivity index (χ3v) is 2.22. The molecule has 5 nitrogen and oxygen atoms in total. The Morgan fingerprint density at radius 3 is 3.00 bits per heavy atom. The topological polar surface area (TPSA) is 69.9 Å². The number of aromatic nitrogens is 3. The summed E-state index contributed by atoms with van der Waals surface area (Å²) in [6.07, 6.45) is 6.90. The van der Waals surface area contributed by atoms with Crippen LogP contribution in [0.15, 0.2) is 23.1 Å². The van der Waals surface area contributed by atoms with Crippen LogP contribution in [0.4, 0.5) is 0 Å². The number of aryl methyl sites for hydroxylation is 2. The maximum absolute atomic E-state index is 5.58. The van der Waals surface area contributed by atoms with E-state index in [1.807, 2.05) is 11.6 Å². The fraction of sp³-hybridized carbons (Fsp3) is 0.400. The minimum Gasteiger partial charge on any atom is -0.439 e. The lowest BCUT2D eigenvalue weighted by molar-refractivity contribution is 0.496. The van der Waals surface area contributed by atoms with Crippen LogP contribution < -0.4 is 5.73 Å².